The molecule has 1 aromatic carbocycles. The minimum Gasteiger partial charge on any atom is -0.492 e. The molecule has 1 aromatic rings. The van der Waals surface area contributed by atoms with E-state index in [2.05, 4.69) is 10.6 Å². The Morgan fingerprint density at radius 3 is 2.42 bits per heavy atom. The molecule has 3 N–H and O–H groups in total. The van der Waals surface area contributed by atoms with Gasteiger partial charge in [-0.15, -0.1) is 0 Å². The Balaban J connectivity index is 2.12. The van der Waals surface area contributed by atoms with Crippen molar-refractivity contribution in [2.24, 2.45) is 0 Å². The fourth-order valence-electron chi connectivity index (χ4n) is 1.39. The summed E-state index contributed by atoms with van der Waals surface area (Å²) in [6, 6.07) is 6.26. The minimum atomic E-state index is -0.953. The van der Waals surface area contributed by atoms with E-state index in [0.29, 0.717) is 32.0 Å². The van der Waals surface area contributed by atoms with Crippen molar-refractivity contribution in [2.75, 3.05) is 26.2 Å². The zero-order valence-electron chi connectivity index (χ0n) is 10.8. The first-order valence-corrected chi connectivity index (χ1v) is 6.01. The summed E-state index contributed by atoms with van der Waals surface area (Å²) in [4.78, 5) is 21.2. The molecule has 104 valence electrons. The lowest BCUT2D eigenvalue weighted by Crippen LogP contribution is -2.32. The molecule has 19 heavy (non-hydrogen) atoms. The lowest BCUT2D eigenvalue weighted by molar-refractivity contribution is -0.118. The van der Waals surface area contributed by atoms with Crippen molar-refractivity contribution >= 4 is 11.9 Å². The molecule has 0 fully saturated rings. The molecule has 0 saturated carbocycles. The van der Waals surface area contributed by atoms with E-state index in [0.717, 1.165) is 0 Å². The molecule has 6 nitrogen and oxygen atoms in total. The van der Waals surface area contributed by atoms with Crippen molar-refractivity contribution in [1.29, 1.82) is 0 Å². The molecular weight excluding hydrogens is 248 g/mol. The van der Waals surface area contributed by atoms with Crippen LogP contribution in [0.4, 0.5) is 0 Å². The summed E-state index contributed by atoms with van der Waals surface area (Å²) in [5, 5.41) is 14.5. The summed E-state index contributed by atoms with van der Waals surface area (Å²) in [7, 11) is 0. The predicted molar refractivity (Wildman–Crippen MR) is 70.4 cm³/mol. The highest BCUT2D eigenvalue weighted by molar-refractivity contribution is 5.87. The second-order valence-corrected chi connectivity index (χ2v) is 3.91. The van der Waals surface area contributed by atoms with Crippen LogP contribution in [0.15, 0.2) is 24.3 Å². The van der Waals surface area contributed by atoms with Gasteiger partial charge in [-0.3, -0.25) is 4.79 Å². The standard InChI is InChI=1S/C13H18N2O4/c1-10(16)15-7-6-14-8-9-19-12-4-2-11(3-5-12)13(17)18/h2-5,14H,6-9H2,1H3,(H,15,16)(H,17,18). The molecule has 1 amide bonds. The minimum absolute atomic E-state index is 0.0448. The number of aromatic carboxylic acids is 1. The second-order valence-electron chi connectivity index (χ2n) is 3.91. The molecule has 0 aliphatic heterocycles. The number of hydrogen-bond donors (Lipinski definition) is 3. The lowest BCUT2D eigenvalue weighted by Gasteiger charge is -2.08. The SMILES string of the molecule is CC(=O)NCCNCCOc1ccc(C(=O)O)cc1. The van der Waals surface area contributed by atoms with Gasteiger partial charge >= 0.3 is 5.97 Å². The average Bonchev–Trinajstić information content (AvgIpc) is 2.38. The van der Waals surface area contributed by atoms with Crippen molar-refractivity contribution in [3.8, 4) is 5.75 Å². The summed E-state index contributed by atoms with van der Waals surface area (Å²) >= 11 is 0. The van der Waals surface area contributed by atoms with E-state index in [9.17, 15) is 9.59 Å². The third kappa shape index (κ3) is 6.42. The number of rotatable bonds is 8. The average molecular weight is 266 g/mol. The number of benzene rings is 1. The molecule has 6 heteroatoms. The van der Waals surface area contributed by atoms with E-state index >= 15 is 0 Å². The monoisotopic (exact) mass is 266 g/mol. The number of carboxylic acids is 1. The summed E-state index contributed by atoms with van der Waals surface area (Å²) in [5.74, 6) is -0.364. The van der Waals surface area contributed by atoms with Gasteiger partial charge in [0.1, 0.15) is 12.4 Å². The van der Waals surface area contributed by atoms with Gasteiger partial charge in [-0.05, 0) is 24.3 Å². The van der Waals surface area contributed by atoms with Crippen LogP contribution >= 0.6 is 0 Å². The van der Waals surface area contributed by atoms with E-state index in [1.807, 2.05) is 0 Å². The molecular formula is C13H18N2O4. The fraction of sp³-hybridized carbons (Fsp3) is 0.385. The largest absolute Gasteiger partial charge is 0.492 e. The first kappa shape index (κ1) is 15.0. The van der Waals surface area contributed by atoms with Crippen LogP contribution in [0, 0.1) is 0 Å². The van der Waals surface area contributed by atoms with Gasteiger partial charge in [0, 0.05) is 26.6 Å². The van der Waals surface area contributed by atoms with Gasteiger partial charge in [0.2, 0.25) is 5.91 Å². The third-order valence-corrected chi connectivity index (χ3v) is 2.32. The zero-order valence-corrected chi connectivity index (χ0v) is 10.8. The van der Waals surface area contributed by atoms with Crippen LogP contribution in [0.25, 0.3) is 0 Å². The van der Waals surface area contributed by atoms with Crippen LogP contribution in [0.5, 0.6) is 5.75 Å². The van der Waals surface area contributed by atoms with Crippen molar-refractivity contribution in [1.82, 2.24) is 10.6 Å². The van der Waals surface area contributed by atoms with Crippen LogP contribution < -0.4 is 15.4 Å². The maximum Gasteiger partial charge on any atom is 0.335 e. The van der Waals surface area contributed by atoms with E-state index in [-0.39, 0.29) is 11.5 Å². The van der Waals surface area contributed by atoms with E-state index in [1.54, 1.807) is 12.1 Å². The number of carboxylic acid groups (broad SMARTS) is 1. The maximum absolute atomic E-state index is 10.6. The number of amides is 1. The summed E-state index contributed by atoms with van der Waals surface area (Å²) in [5.41, 5.74) is 0.237. The molecule has 0 bridgehead atoms. The summed E-state index contributed by atoms with van der Waals surface area (Å²) < 4.78 is 5.43. The summed E-state index contributed by atoms with van der Waals surface area (Å²) in [6.07, 6.45) is 0. The van der Waals surface area contributed by atoms with Gasteiger partial charge in [-0.25, -0.2) is 4.79 Å². The summed E-state index contributed by atoms with van der Waals surface area (Å²) in [6.45, 7) is 3.88. The van der Waals surface area contributed by atoms with Gasteiger partial charge in [0.25, 0.3) is 0 Å². The predicted octanol–water partition coefficient (Wildman–Crippen LogP) is 0.489. The molecule has 0 radical (unpaired) electrons. The van der Waals surface area contributed by atoms with E-state index in [4.69, 9.17) is 9.84 Å². The smallest absolute Gasteiger partial charge is 0.335 e. The Kier molecular flexibility index (Phi) is 6.38. The van der Waals surface area contributed by atoms with Crippen LogP contribution in [0.3, 0.4) is 0 Å². The Hall–Kier alpha value is -2.08. The quantitative estimate of drug-likeness (QED) is 0.596. The first-order chi connectivity index (χ1) is 9.09. The molecule has 0 spiro atoms. The molecule has 0 saturated heterocycles. The molecule has 0 aromatic heterocycles. The topological polar surface area (TPSA) is 87.7 Å². The van der Waals surface area contributed by atoms with Crippen LogP contribution in [0.2, 0.25) is 0 Å². The van der Waals surface area contributed by atoms with Crippen molar-refractivity contribution in [3.63, 3.8) is 0 Å². The third-order valence-electron chi connectivity index (χ3n) is 2.32. The first-order valence-electron chi connectivity index (χ1n) is 6.01. The van der Waals surface area contributed by atoms with Crippen molar-refractivity contribution in [3.05, 3.63) is 29.8 Å². The Bertz CT molecular complexity index is 417. The fourth-order valence-corrected chi connectivity index (χ4v) is 1.39. The second kappa shape index (κ2) is 8.10. The molecule has 0 unspecified atom stereocenters. The molecule has 0 atom stereocenters. The number of carbonyl (C=O) groups excluding carboxylic acids is 1. The van der Waals surface area contributed by atoms with Gasteiger partial charge < -0.3 is 20.5 Å². The number of hydrogen-bond acceptors (Lipinski definition) is 4. The van der Waals surface area contributed by atoms with Crippen LogP contribution in [-0.4, -0.2) is 43.2 Å². The van der Waals surface area contributed by atoms with Gasteiger partial charge in [-0.1, -0.05) is 0 Å². The van der Waals surface area contributed by atoms with E-state index < -0.39 is 5.97 Å². The Morgan fingerprint density at radius 1 is 1.16 bits per heavy atom. The van der Waals surface area contributed by atoms with Crippen LogP contribution in [0.1, 0.15) is 17.3 Å². The number of ether oxygens (including phenoxy) is 1. The number of nitrogens with one attached hydrogen (secondary N) is 2. The highest BCUT2D eigenvalue weighted by Gasteiger charge is 2.01. The Morgan fingerprint density at radius 2 is 1.84 bits per heavy atom. The Labute approximate surface area is 111 Å². The maximum atomic E-state index is 10.6. The van der Waals surface area contributed by atoms with Crippen molar-refractivity contribution < 1.29 is 19.4 Å². The highest BCUT2D eigenvalue weighted by Crippen LogP contribution is 2.11. The number of carbonyl (C=O) groups is 2. The van der Waals surface area contributed by atoms with Gasteiger partial charge in [0.05, 0.1) is 5.56 Å². The molecule has 0 aliphatic rings. The normalized spacial score (nSPS) is 9.95. The van der Waals surface area contributed by atoms with Gasteiger partial charge in [0.15, 0.2) is 0 Å². The lowest BCUT2D eigenvalue weighted by atomic mass is 10.2. The molecule has 0 aliphatic carbocycles. The highest BCUT2D eigenvalue weighted by atomic mass is 16.5. The zero-order chi connectivity index (χ0) is 14.1. The van der Waals surface area contributed by atoms with Crippen LogP contribution in [-0.2, 0) is 4.79 Å². The molecule has 1 rings (SSSR count). The molecule has 0 heterocycles. The van der Waals surface area contributed by atoms with Gasteiger partial charge in [-0.2, -0.15) is 0 Å². The van der Waals surface area contributed by atoms with E-state index in [1.165, 1.54) is 19.1 Å². The van der Waals surface area contributed by atoms with Crippen molar-refractivity contribution in [2.45, 2.75) is 6.92 Å².